The van der Waals surface area contributed by atoms with Gasteiger partial charge in [0.15, 0.2) is 17.5 Å². The van der Waals surface area contributed by atoms with Crippen molar-refractivity contribution in [2.45, 2.75) is 12.8 Å². The summed E-state index contributed by atoms with van der Waals surface area (Å²) in [6, 6.07) is 63.9. The number of aromatic nitrogens is 3. The Morgan fingerprint density at radius 1 is 0.296 bits per heavy atom. The van der Waals surface area contributed by atoms with Crippen LogP contribution in [0.25, 0.3) is 84.2 Å². The molecule has 0 fully saturated rings. The third-order valence-electron chi connectivity index (χ3n) is 9.97. The summed E-state index contributed by atoms with van der Waals surface area (Å²) in [4.78, 5) is 15.4. The van der Waals surface area contributed by atoms with Crippen LogP contribution in [-0.4, -0.2) is 15.0 Å². The first-order valence-electron chi connectivity index (χ1n) is 18.5. The Morgan fingerprint density at radius 2 is 0.722 bits per heavy atom. The highest BCUT2D eigenvalue weighted by Gasteiger charge is 2.15. The lowest BCUT2D eigenvalue weighted by atomic mass is 9.93. The molecule has 54 heavy (non-hydrogen) atoms. The van der Waals surface area contributed by atoms with E-state index in [0.29, 0.717) is 17.5 Å². The van der Waals surface area contributed by atoms with Crippen LogP contribution in [-0.2, 0) is 0 Å². The smallest absolute Gasteiger partial charge is 0.164 e. The summed E-state index contributed by atoms with van der Waals surface area (Å²) >= 11 is 0. The van der Waals surface area contributed by atoms with Crippen molar-refractivity contribution in [2.24, 2.45) is 0 Å². The lowest BCUT2D eigenvalue weighted by Gasteiger charge is -2.13. The molecular formula is C51H37N3. The van der Waals surface area contributed by atoms with Crippen LogP contribution in [0.2, 0.25) is 0 Å². The summed E-state index contributed by atoms with van der Waals surface area (Å²) in [5, 5.41) is 0. The summed E-state index contributed by atoms with van der Waals surface area (Å²) in [6.07, 6.45) is 8.92. The van der Waals surface area contributed by atoms with Crippen molar-refractivity contribution >= 4 is 5.57 Å². The molecule has 0 bridgehead atoms. The van der Waals surface area contributed by atoms with Crippen LogP contribution in [0.4, 0.5) is 0 Å². The second-order valence-corrected chi connectivity index (χ2v) is 13.5. The number of benzene rings is 7. The molecule has 1 heterocycles. The number of hydrogen-bond donors (Lipinski definition) is 0. The molecule has 0 saturated carbocycles. The quantitative estimate of drug-likeness (QED) is 0.159. The van der Waals surface area contributed by atoms with Crippen LogP contribution in [0.15, 0.2) is 200 Å². The van der Waals surface area contributed by atoms with Gasteiger partial charge >= 0.3 is 0 Å². The normalized spacial score (nSPS) is 12.3. The van der Waals surface area contributed by atoms with Gasteiger partial charge in [0.05, 0.1) is 0 Å². The van der Waals surface area contributed by atoms with Crippen LogP contribution in [0, 0.1) is 0 Å². The Bertz CT molecular complexity index is 2640. The van der Waals surface area contributed by atoms with E-state index in [1.54, 1.807) is 0 Å². The number of hydrogen-bond acceptors (Lipinski definition) is 3. The number of rotatable bonds is 8. The largest absolute Gasteiger partial charge is 0.208 e. The molecule has 9 rings (SSSR count). The Kier molecular flexibility index (Phi) is 9.11. The van der Waals surface area contributed by atoms with Gasteiger partial charge in [0.1, 0.15) is 0 Å². The van der Waals surface area contributed by atoms with E-state index in [1.165, 1.54) is 33.4 Å². The fraction of sp³-hybridized carbons (Fsp3) is 0.0392. The Morgan fingerprint density at radius 3 is 1.31 bits per heavy atom. The third kappa shape index (κ3) is 6.96. The highest BCUT2D eigenvalue weighted by atomic mass is 15.0. The first-order chi connectivity index (χ1) is 26.7. The van der Waals surface area contributed by atoms with Crippen LogP contribution >= 0.6 is 0 Å². The minimum Gasteiger partial charge on any atom is -0.208 e. The molecule has 0 unspecified atom stereocenters. The van der Waals surface area contributed by atoms with Gasteiger partial charge < -0.3 is 0 Å². The van der Waals surface area contributed by atoms with Gasteiger partial charge in [-0.25, -0.2) is 15.0 Å². The van der Waals surface area contributed by atoms with E-state index in [9.17, 15) is 0 Å². The molecule has 1 aliphatic carbocycles. The Hall–Kier alpha value is -6.97. The molecule has 3 heteroatoms. The van der Waals surface area contributed by atoms with Gasteiger partial charge in [-0.2, -0.15) is 0 Å². The summed E-state index contributed by atoms with van der Waals surface area (Å²) in [5.74, 6) is 1.90. The summed E-state index contributed by atoms with van der Waals surface area (Å²) in [7, 11) is 0. The third-order valence-corrected chi connectivity index (χ3v) is 9.97. The molecule has 0 spiro atoms. The summed E-state index contributed by atoms with van der Waals surface area (Å²) in [5.41, 5.74) is 14.5. The lowest BCUT2D eigenvalue weighted by molar-refractivity contribution is 1.04. The van der Waals surface area contributed by atoms with Gasteiger partial charge in [0.2, 0.25) is 0 Å². The van der Waals surface area contributed by atoms with Crippen molar-refractivity contribution in [3.8, 4) is 78.7 Å². The number of allylic oxidation sites excluding steroid dienone is 4. The molecule has 3 nitrogen and oxygen atoms in total. The zero-order chi connectivity index (χ0) is 36.1. The van der Waals surface area contributed by atoms with Gasteiger partial charge in [-0.15, -0.1) is 0 Å². The fourth-order valence-electron chi connectivity index (χ4n) is 7.18. The molecule has 0 N–H and O–H groups in total. The average Bonchev–Trinajstić information content (AvgIpc) is 3.27. The van der Waals surface area contributed by atoms with Gasteiger partial charge in [0, 0.05) is 16.7 Å². The van der Waals surface area contributed by atoms with Crippen LogP contribution in [0.3, 0.4) is 0 Å². The van der Waals surface area contributed by atoms with Gasteiger partial charge in [-0.05, 0) is 86.7 Å². The molecule has 0 aliphatic heterocycles. The maximum atomic E-state index is 5.17. The van der Waals surface area contributed by atoms with E-state index >= 15 is 0 Å². The molecule has 8 aromatic rings. The van der Waals surface area contributed by atoms with Gasteiger partial charge in [0.25, 0.3) is 0 Å². The van der Waals surface area contributed by atoms with Crippen molar-refractivity contribution in [3.63, 3.8) is 0 Å². The molecule has 1 aromatic heterocycles. The van der Waals surface area contributed by atoms with E-state index in [1.807, 2.05) is 6.07 Å². The highest BCUT2D eigenvalue weighted by Crippen LogP contribution is 2.35. The van der Waals surface area contributed by atoms with Crippen molar-refractivity contribution < 1.29 is 0 Å². The van der Waals surface area contributed by atoms with Gasteiger partial charge in [-0.3, -0.25) is 0 Å². The van der Waals surface area contributed by atoms with Crippen molar-refractivity contribution in [3.05, 3.63) is 206 Å². The molecule has 256 valence electrons. The molecule has 0 amide bonds. The number of nitrogens with zero attached hydrogens (tertiary/aromatic N) is 3. The maximum Gasteiger partial charge on any atom is 0.164 e. The molecule has 0 atom stereocenters. The standard InChI is InChI=1S/C51H37N3/c1-4-15-36(16-5-1)38-29-31-40(32-30-38)49-52-50(45-25-13-23-43(34-45)42-22-12-21-41(33-42)37-17-6-2-7-18-37)54-51(53-49)46-26-14-24-44(35-46)48-28-11-10-27-47(48)39-19-8-3-9-20-39/h2-4,6-35H,1,5H2. The fourth-order valence-corrected chi connectivity index (χ4v) is 7.18. The van der Waals surface area contributed by atoms with E-state index < -0.39 is 0 Å². The first-order valence-corrected chi connectivity index (χ1v) is 18.5. The molecule has 0 radical (unpaired) electrons. The first kappa shape index (κ1) is 32.9. The van der Waals surface area contributed by atoms with Crippen molar-refractivity contribution in [2.75, 3.05) is 0 Å². The van der Waals surface area contributed by atoms with Crippen molar-refractivity contribution in [1.82, 2.24) is 15.0 Å². The minimum atomic E-state index is 0.632. The maximum absolute atomic E-state index is 5.17. The zero-order valence-corrected chi connectivity index (χ0v) is 29.8. The summed E-state index contributed by atoms with van der Waals surface area (Å²) < 4.78 is 0. The highest BCUT2D eigenvalue weighted by molar-refractivity contribution is 5.85. The second kappa shape index (κ2) is 14.9. The minimum absolute atomic E-state index is 0.632. The predicted molar refractivity (Wildman–Crippen MR) is 224 cm³/mol. The predicted octanol–water partition coefficient (Wildman–Crippen LogP) is 13.3. The zero-order valence-electron chi connectivity index (χ0n) is 29.8. The van der Waals surface area contributed by atoms with Crippen LogP contribution in [0.5, 0.6) is 0 Å². The summed E-state index contributed by atoms with van der Waals surface area (Å²) in [6.45, 7) is 0. The molecule has 7 aromatic carbocycles. The van der Waals surface area contributed by atoms with Crippen LogP contribution in [0.1, 0.15) is 18.4 Å². The monoisotopic (exact) mass is 691 g/mol. The topological polar surface area (TPSA) is 38.7 Å². The lowest BCUT2D eigenvalue weighted by Crippen LogP contribution is -2.00. The van der Waals surface area contributed by atoms with E-state index in [2.05, 4.69) is 194 Å². The SMILES string of the molecule is C1=CC(c2ccc(-c3nc(-c4cccc(-c5cccc(-c6ccccc6)c5)c4)nc(-c4cccc(-c5ccccc5-c5ccccc5)c4)n3)cc2)=CCC1. The average molecular weight is 692 g/mol. The molecular weight excluding hydrogens is 655 g/mol. The molecule has 1 aliphatic rings. The van der Waals surface area contributed by atoms with Crippen molar-refractivity contribution in [1.29, 1.82) is 0 Å². The van der Waals surface area contributed by atoms with E-state index in [4.69, 9.17) is 15.0 Å². The van der Waals surface area contributed by atoms with Gasteiger partial charge in [-0.1, -0.05) is 182 Å². The van der Waals surface area contributed by atoms with Crippen LogP contribution < -0.4 is 0 Å². The van der Waals surface area contributed by atoms with E-state index in [0.717, 1.165) is 51.8 Å². The second-order valence-electron chi connectivity index (χ2n) is 13.5. The Balaban J connectivity index is 1.14. The molecule has 0 saturated heterocycles. The Labute approximate surface area is 316 Å². The van der Waals surface area contributed by atoms with E-state index in [-0.39, 0.29) is 0 Å².